The summed E-state index contributed by atoms with van der Waals surface area (Å²) < 4.78 is 38.3. The monoisotopic (exact) mass is 319 g/mol. The van der Waals surface area contributed by atoms with Gasteiger partial charge in [-0.05, 0) is 17.7 Å². The number of alkyl halides is 3. The van der Waals surface area contributed by atoms with Crippen LogP contribution < -0.4 is 16.4 Å². The molecule has 3 N–H and O–H groups in total. The molecule has 2 atom stereocenters. The number of hydrazine groups is 2. The Hall–Kier alpha value is -2.47. The van der Waals surface area contributed by atoms with Crippen LogP contribution in [0.25, 0.3) is 11.3 Å². The summed E-state index contributed by atoms with van der Waals surface area (Å²) in [5.41, 5.74) is 9.29. The predicted octanol–water partition coefficient (Wildman–Crippen LogP) is 2.31. The van der Waals surface area contributed by atoms with E-state index in [9.17, 15) is 13.2 Å². The van der Waals surface area contributed by atoms with Gasteiger partial charge in [0, 0.05) is 11.8 Å². The van der Waals surface area contributed by atoms with Crippen LogP contribution in [0.5, 0.6) is 0 Å². The molecule has 2 unspecified atom stereocenters. The number of hydrogen-bond acceptors (Lipinski definition) is 5. The number of aromatic nitrogens is 1. The molecule has 1 saturated heterocycles. The average Bonchev–Trinajstić information content (AvgIpc) is 3.03. The zero-order chi connectivity index (χ0) is 16.4. The van der Waals surface area contributed by atoms with Gasteiger partial charge in [0.1, 0.15) is 6.04 Å². The second-order valence-corrected chi connectivity index (χ2v) is 5.05. The Kier molecular flexibility index (Phi) is 4.00. The van der Waals surface area contributed by atoms with Crippen molar-refractivity contribution < 1.29 is 13.2 Å². The normalized spacial score (nSPS) is 21.1. The van der Waals surface area contributed by atoms with Crippen LogP contribution in [0.3, 0.4) is 0 Å². The molecule has 1 fully saturated rings. The van der Waals surface area contributed by atoms with Gasteiger partial charge < -0.3 is 0 Å². The topological polar surface area (TPSA) is 72.8 Å². The highest BCUT2D eigenvalue weighted by Crippen LogP contribution is 2.31. The smallest absolute Gasteiger partial charge is 0.256 e. The summed E-state index contributed by atoms with van der Waals surface area (Å²) in [5.74, 6) is 0. The molecule has 0 spiro atoms. The molecule has 118 valence electrons. The van der Waals surface area contributed by atoms with Crippen molar-refractivity contribution in [1.29, 1.82) is 5.26 Å². The van der Waals surface area contributed by atoms with Gasteiger partial charge in [0.05, 0.1) is 23.4 Å². The standard InChI is InChI=1S/C15H12F3N5/c16-15(17,18)11-5-6-20-12(7-11)9-1-3-10(4-2-9)14-13(8-19)21-23-22-14/h1-7,13-14,21-23H. The molecule has 5 nitrogen and oxygen atoms in total. The Morgan fingerprint density at radius 3 is 2.48 bits per heavy atom. The van der Waals surface area contributed by atoms with Gasteiger partial charge in [-0.1, -0.05) is 24.3 Å². The highest BCUT2D eigenvalue weighted by molar-refractivity contribution is 5.60. The Bertz CT molecular complexity index is 736. The van der Waals surface area contributed by atoms with Crippen LogP contribution in [0.4, 0.5) is 13.2 Å². The van der Waals surface area contributed by atoms with Gasteiger partial charge in [-0.15, -0.1) is 0 Å². The lowest BCUT2D eigenvalue weighted by atomic mass is 9.99. The molecular formula is C15H12F3N5. The summed E-state index contributed by atoms with van der Waals surface area (Å²) in [5, 5.41) is 9.03. The van der Waals surface area contributed by atoms with Crippen LogP contribution in [-0.4, -0.2) is 11.0 Å². The van der Waals surface area contributed by atoms with Crippen molar-refractivity contribution in [2.45, 2.75) is 18.3 Å². The fraction of sp³-hybridized carbons (Fsp3) is 0.200. The predicted molar refractivity (Wildman–Crippen MR) is 76.2 cm³/mol. The number of nitriles is 1. The van der Waals surface area contributed by atoms with E-state index in [1.807, 2.05) is 0 Å². The Labute approximate surface area is 130 Å². The van der Waals surface area contributed by atoms with Crippen LogP contribution in [0.1, 0.15) is 17.2 Å². The molecule has 23 heavy (non-hydrogen) atoms. The van der Waals surface area contributed by atoms with E-state index in [1.54, 1.807) is 24.3 Å². The van der Waals surface area contributed by atoms with Crippen molar-refractivity contribution in [3.05, 3.63) is 53.7 Å². The summed E-state index contributed by atoms with van der Waals surface area (Å²) in [7, 11) is 0. The molecule has 0 amide bonds. The van der Waals surface area contributed by atoms with Crippen LogP contribution in [-0.2, 0) is 6.18 Å². The number of nitrogens with zero attached hydrogens (tertiary/aromatic N) is 2. The molecule has 0 bridgehead atoms. The van der Waals surface area contributed by atoms with E-state index < -0.39 is 17.8 Å². The summed E-state index contributed by atoms with van der Waals surface area (Å²) in [6, 6.07) is 10.3. The van der Waals surface area contributed by atoms with E-state index in [1.165, 1.54) is 0 Å². The van der Waals surface area contributed by atoms with Crippen molar-refractivity contribution in [3.8, 4) is 17.3 Å². The fourth-order valence-corrected chi connectivity index (χ4v) is 2.37. The first-order valence-electron chi connectivity index (χ1n) is 6.78. The van der Waals surface area contributed by atoms with Crippen LogP contribution >= 0.6 is 0 Å². The molecule has 0 radical (unpaired) electrons. The highest BCUT2D eigenvalue weighted by Gasteiger charge is 2.31. The van der Waals surface area contributed by atoms with Gasteiger partial charge in [0.2, 0.25) is 0 Å². The number of rotatable bonds is 2. The van der Waals surface area contributed by atoms with E-state index in [0.29, 0.717) is 5.56 Å². The van der Waals surface area contributed by atoms with Gasteiger partial charge in [0.25, 0.3) is 0 Å². The molecule has 0 aliphatic carbocycles. The highest BCUT2D eigenvalue weighted by atomic mass is 19.4. The maximum absolute atomic E-state index is 12.8. The van der Waals surface area contributed by atoms with Gasteiger partial charge in [-0.2, -0.15) is 24.0 Å². The molecule has 1 aromatic carbocycles. The van der Waals surface area contributed by atoms with E-state index in [2.05, 4.69) is 27.4 Å². The zero-order valence-electron chi connectivity index (χ0n) is 11.7. The third-order valence-electron chi connectivity index (χ3n) is 3.58. The quantitative estimate of drug-likeness (QED) is 0.792. The summed E-state index contributed by atoms with van der Waals surface area (Å²) >= 11 is 0. The minimum Gasteiger partial charge on any atom is -0.256 e. The van der Waals surface area contributed by atoms with Gasteiger partial charge >= 0.3 is 6.18 Å². The van der Waals surface area contributed by atoms with E-state index >= 15 is 0 Å². The molecular weight excluding hydrogens is 307 g/mol. The van der Waals surface area contributed by atoms with E-state index in [4.69, 9.17) is 5.26 Å². The SMILES string of the molecule is N#CC1NNNC1c1ccc(-c2cc(C(F)(F)F)ccn2)cc1. The number of halogens is 3. The summed E-state index contributed by atoms with van der Waals surface area (Å²) in [6.07, 6.45) is -3.26. The number of hydrogen-bond donors (Lipinski definition) is 3. The molecule has 8 heteroatoms. The lowest BCUT2D eigenvalue weighted by Gasteiger charge is -2.13. The molecule has 1 aliphatic heterocycles. The fourth-order valence-electron chi connectivity index (χ4n) is 2.37. The zero-order valence-corrected chi connectivity index (χ0v) is 11.7. The largest absolute Gasteiger partial charge is 0.416 e. The Balaban J connectivity index is 1.87. The first kappa shape index (κ1) is 15.4. The van der Waals surface area contributed by atoms with Crippen molar-refractivity contribution in [2.75, 3.05) is 0 Å². The second-order valence-electron chi connectivity index (χ2n) is 5.05. The second kappa shape index (κ2) is 5.96. The molecule has 0 saturated carbocycles. The third-order valence-corrected chi connectivity index (χ3v) is 3.58. The first-order valence-corrected chi connectivity index (χ1v) is 6.78. The maximum atomic E-state index is 12.8. The first-order chi connectivity index (χ1) is 11.0. The minimum atomic E-state index is -4.40. The number of pyridine rings is 1. The number of nitrogens with one attached hydrogen (secondary N) is 3. The lowest BCUT2D eigenvalue weighted by Crippen LogP contribution is -2.32. The van der Waals surface area contributed by atoms with E-state index in [0.717, 1.165) is 23.9 Å². The van der Waals surface area contributed by atoms with Gasteiger partial charge in [0.15, 0.2) is 0 Å². The lowest BCUT2D eigenvalue weighted by molar-refractivity contribution is -0.137. The average molecular weight is 319 g/mol. The Morgan fingerprint density at radius 1 is 1.09 bits per heavy atom. The Morgan fingerprint density at radius 2 is 1.83 bits per heavy atom. The maximum Gasteiger partial charge on any atom is 0.416 e. The third kappa shape index (κ3) is 3.17. The van der Waals surface area contributed by atoms with Gasteiger partial charge in [-0.3, -0.25) is 4.98 Å². The van der Waals surface area contributed by atoms with Crippen LogP contribution in [0.15, 0.2) is 42.6 Å². The van der Waals surface area contributed by atoms with Gasteiger partial charge in [-0.25, -0.2) is 10.9 Å². The van der Waals surface area contributed by atoms with Crippen molar-refractivity contribution >= 4 is 0 Å². The molecule has 1 aliphatic rings. The summed E-state index contributed by atoms with van der Waals surface area (Å²) in [6.45, 7) is 0. The van der Waals surface area contributed by atoms with Crippen LogP contribution in [0, 0.1) is 11.3 Å². The van der Waals surface area contributed by atoms with Crippen molar-refractivity contribution in [2.24, 2.45) is 0 Å². The van der Waals surface area contributed by atoms with Crippen molar-refractivity contribution in [3.63, 3.8) is 0 Å². The van der Waals surface area contributed by atoms with E-state index in [-0.39, 0.29) is 11.7 Å². The number of benzene rings is 1. The molecule has 1 aromatic heterocycles. The summed E-state index contributed by atoms with van der Waals surface area (Å²) in [4.78, 5) is 3.99. The molecule has 3 rings (SSSR count). The van der Waals surface area contributed by atoms with Crippen molar-refractivity contribution in [1.82, 2.24) is 21.4 Å². The molecule has 2 heterocycles. The molecule has 2 aromatic rings. The minimum absolute atomic E-state index is 0.247. The van der Waals surface area contributed by atoms with Crippen LogP contribution in [0.2, 0.25) is 0 Å².